The molecule has 0 saturated heterocycles. The Balaban J connectivity index is 1.83. The molecule has 0 fully saturated rings. The molecular weight excluding hydrogens is 368 g/mol. The molecule has 2 heteroatoms. The molecule has 0 heterocycles. The summed E-state index contributed by atoms with van der Waals surface area (Å²) in [5, 5.41) is 23.8. The smallest absolute Gasteiger partial charge is 0.120 e. The average Bonchev–Trinajstić information content (AvgIpc) is 2.82. The molecule has 0 amide bonds. The summed E-state index contributed by atoms with van der Waals surface area (Å²) >= 11 is 0. The van der Waals surface area contributed by atoms with Crippen molar-refractivity contribution in [3.8, 4) is 0 Å². The van der Waals surface area contributed by atoms with Gasteiger partial charge in [0.2, 0.25) is 0 Å². The third-order valence-electron chi connectivity index (χ3n) is 5.71. The second kappa shape index (κ2) is 9.08. The second-order valence-electron chi connectivity index (χ2n) is 7.70. The van der Waals surface area contributed by atoms with E-state index in [2.05, 4.69) is 0 Å². The van der Waals surface area contributed by atoms with Gasteiger partial charge in [0.25, 0.3) is 0 Å². The van der Waals surface area contributed by atoms with E-state index < -0.39 is 11.7 Å². The largest absolute Gasteiger partial charge is 0.389 e. The molecule has 30 heavy (non-hydrogen) atoms. The zero-order valence-electron chi connectivity index (χ0n) is 16.8. The van der Waals surface area contributed by atoms with Crippen molar-refractivity contribution >= 4 is 0 Å². The normalized spacial score (nSPS) is 14.2. The van der Waals surface area contributed by atoms with Gasteiger partial charge < -0.3 is 10.2 Å². The van der Waals surface area contributed by atoms with Crippen LogP contribution >= 0.6 is 0 Å². The van der Waals surface area contributed by atoms with Gasteiger partial charge in [0, 0.05) is 12.3 Å². The molecule has 2 atom stereocenters. The number of hydrogen-bond donors (Lipinski definition) is 2. The van der Waals surface area contributed by atoms with Gasteiger partial charge in [0.1, 0.15) is 5.60 Å². The molecular formula is C28H26O2. The van der Waals surface area contributed by atoms with Gasteiger partial charge in [0.05, 0.1) is 6.10 Å². The van der Waals surface area contributed by atoms with Gasteiger partial charge in [0.15, 0.2) is 0 Å². The van der Waals surface area contributed by atoms with E-state index in [1.165, 1.54) is 0 Å². The highest BCUT2D eigenvalue weighted by Crippen LogP contribution is 2.40. The number of aliphatic hydroxyl groups is 2. The molecule has 0 aliphatic carbocycles. The molecule has 0 aromatic heterocycles. The predicted molar refractivity (Wildman–Crippen MR) is 121 cm³/mol. The topological polar surface area (TPSA) is 40.5 Å². The van der Waals surface area contributed by atoms with Gasteiger partial charge in [-0.3, -0.25) is 0 Å². The van der Waals surface area contributed by atoms with Crippen LogP contribution in [0.2, 0.25) is 0 Å². The minimum absolute atomic E-state index is 0.315. The van der Waals surface area contributed by atoms with Gasteiger partial charge in [-0.15, -0.1) is 0 Å². The van der Waals surface area contributed by atoms with E-state index in [0.29, 0.717) is 12.0 Å². The van der Waals surface area contributed by atoms with Crippen molar-refractivity contribution < 1.29 is 10.2 Å². The Hall–Kier alpha value is -3.20. The van der Waals surface area contributed by atoms with Gasteiger partial charge in [-0.05, 0) is 22.3 Å². The first kappa shape index (κ1) is 20.1. The van der Waals surface area contributed by atoms with Crippen LogP contribution in [-0.2, 0) is 12.0 Å². The molecule has 0 aliphatic heterocycles. The van der Waals surface area contributed by atoms with Gasteiger partial charge in [-0.1, -0.05) is 121 Å². The van der Waals surface area contributed by atoms with Crippen LogP contribution in [0.25, 0.3) is 0 Å². The summed E-state index contributed by atoms with van der Waals surface area (Å²) in [7, 11) is 0. The van der Waals surface area contributed by atoms with Gasteiger partial charge in [-0.25, -0.2) is 0 Å². The highest BCUT2D eigenvalue weighted by Gasteiger charge is 2.43. The lowest BCUT2D eigenvalue weighted by atomic mass is 9.73. The highest BCUT2D eigenvalue weighted by atomic mass is 16.3. The maximum atomic E-state index is 12.0. The fourth-order valence-electron chi connectivity index (χ4n) is 4.16. The zero-order valence-corrected chi connectivity index (χ0v) is 16.8. The summed E-state index contributed by atoms with van der Waals surface area (Å²) < 4.78 is 0. The molecule has 0 spiro atoms. The number of hydrogen-bond acceptors (Lipinski definition) is 2. The molecule has 0 radical (unpaired) electrons. The van der Waals surface area contributed by atoms with E-state index in [-0.39, 0.29) is 5.92 Å². The summed E-state index contributed by atoms with van der Waals surface area (Å²) in [6, 6.07) is 39.2. The van der Waals surface area contributed by atoms with Crippen LogP contribution in [0.3, 0.4) is 0 Å². The maximum Gasteiger partial charge on any atom is 0.120 e. The highest BCUT2D eigenvalue weighted by molar-refractivity contribution is 5.38. The van der Waals surface area contributed by atoms with E-state index in [1.807, 2.05) is 121 Å². The third kappa shape index (κ3) is 4.20. The minimum Gasteiger partial charge on any atom is -0.389 e. The van der Waals surface area contributed by atoms with Crippen molar-refractivity contribution in [2.45, 2.75) is 24.0 Å². The van der Waals surface area contributed by atoms with Crippen LogP contribution in [0.15, 0.2) is 121 Å². The zero-order chi connectivity index (χ0) is 20.8. The predicted octanol–water partition coefficient (Wildman–Crippen LogP) is 5.31. The lowest BCUT2D eigenvalue weighted by molar-refractivity contribution is -0.0872. The summed E-state index contributed by atoms with van der Waals surface area (Å²) in [5.74, 6) is -0.374. The molecule has 2 unspecified atom stereocenters. The van der Waals surface area contributed by atoms with E-state index in [0.717, 1.165) is 16.7 Å². The van der Waals surface area contributed by atoms with Gasteiger partial charge >= 0.3 is 0 Å². The van der Waals surface area contributed by atoms with Crippen molar-refractivity contribution in [1.82, 2.24) is 0 Å². The molecule has 2 nitrogen and oxygen atoms in total. The Morgan fingerprint density at radius 1 is 0.567 bits per heavy atom. The molecule has 150 valence electrons. The quantitative estimate of drug-likeness (QED) is 0.446. The summed E-state index contributed by atoms with van der Waals surface area (Å²) in [6.07, 6.45) is -0.736. The molecule has 0 bridgehead atoms. The molecule has 0 saturated carbocycles. The summed E-state index contributed by atoms with van der Waals surface area (Å²) in [5.41, 5.74) is 2.16. The van der Waals surface area contributed by atoms with E-state index in [1.54, 1.807) is 0 Å². The molecule has 4 aromatic carbocycles. The number of benzene rings is 4. The van der Waals surface area contributed by atoms with Crippen molar-refractivity contribution in [2.75, 3.05) is 0 Å². The molecule has 4 rings (SSSR count). The number of rotatable bonds is 7. The van der Waals surface area contributed by atoms with E-state index in [4.69, 9.17) is 0 Å². The van der Waals surface area contributed by atoms with Crippen molar-refractivity contribution in [3.63, 3.8) is 0 Å². The Morgan fingerprint density at radius 3 is 1.43 bits per heavy atom. The van der Waals surface area contributed by atoms with Crippen LogP contribution in [0.5, 0.6) is 0 Å². The van der Waals surface area contributed by atoms with Crippen molar-refractivity contribution in [1.29, 1.82) is 0 Å². The first-order valence-electron chi connectivity index (χ1n) is 10.3. The monoisotopic (exact) mass is 394 g/mol. The van der Waals surface area contributed by atoms with Crippen LogP contribution in [-0.4, -0.2) is 16.3 Å². The van der Waals surface area contributed by atoms with Crippen LogP contribution in [0, 0.1) is 0 Å². The fourth-order valence-corrected chi connectivity index (χ4v) is 4.16. The third-order valence-corrected chi connectivity index (χ3v) is 5.71. The lowest BCUT2D eigenvalue weighted by Crippen LogP contribution is -2.45. The van der Waals surface area contributed by atoms with Crippen molar-refractivity contribution in [2.24, 2.45) is 0 Å². The fraction of sp³-hybridized carbons (Fsp3) is 0.143. The second-order valence-corrected chi connectivity index (χ2v) is 7.70. The lowest BCUT2D eigenvalue weighted by Gasteiger charge is -2.39. The summed E-state index contributed by atoms with van der Waals surface area (Å²) in [6.45, 7) is 0. The van der Waals surface area contributed by atoms with Crippen molar-refractivity contribution in [3.05, 3.63) is 144 Å². The SMILES string of the molecule is OC(C(c1ccccc1)c1ccccc1)C(O)(Cc1ccccc1)c1ccccc1. The van der Waals surface area contributed by atoms with E-state index in [9.17, 15) is 10.2 Å². The first-order chi connectivity index (χ1) is 14.7. The summed E-state index contributed by atoms with van der Waals surface area (Å²) in [4.78, 5) is 0. The molecule has 0 aliphatic rings. The van der Waals surface area contributed by atoms with Crippen LogP contribution < -0.4 is 0 Å². The van der Waals surface area contributed by atoms with E-state index >= 15 is 0 Å². The average molecular weight is 395 g/mol. The van der Waals surface area contributed by atoms with Gasteiger partial charge in [-0.2, -0.15) is 0 Å². The van der Waals surface area contributed by atoms with Crippen LogP contribution in [0.4, 0.5) is 0 Å². The Kier molecular flexibility index (Phi) is 6.08. The maximum absolute atomic E-state index is 12.0. The number of aliphatic hydroxyl groups excluding tert-OH is 1. The Morgan fingerprint density at radius 2 is 0.967 bits per heavy atom. The van der Waals surface area contributed by atoms with Crippen LogP contribution in [0.1, 0.15) is 28.2 Å². The standard InChI is InChI=1S/C28H26O2/c29-27(26(23-15-7-2-8-16-23)24-17-9-3-10-18-24)28(30,25-19-11-4-12-20-25)21-22-13-5-1-6-14-22/h1-20,26-27,29-30H,21H2. The molecule has 4 aromatic rings. The Labute approximate surface area is 178 Å². The Bertz CT molecular complexity index is 994. The molecule has 2 N–H and O–H groups in total. The minimum atomic E-state index is -1.46. The first-order valence-corrected chi connectivity index (χ1v) is 10.3.